The van der Waals surface area contributed by atoms with Gasteiger partial charge < -0.3 is 10.6 Å². The van der Waals surface area contributed by atoms with Gasteiger partial charge in [-0.3, -0.25) is 0 Å². The maximum absolute atomic E-state index is 5.81. The number of nitrogens with zero attached hydrogens (tertiary/aromatic N) is 3. The van der Waals surface area contributed by atoms with Gasteiger partial charge in [-0.15, -0.1) is 11.3 Å². The molecule has 2 aromatic rings. The quantitative estimate of drug-likeness (QED) is 0.811. The summed E-state index contributed by atoms with van der Waals surface area (Å²) in [6, 6.07) is 0.296. The van der Waals surface area contributed by atoms with Gasteiger partial charge in [0, 0.05) is 24.0 Å². The van der Waals surface area contributed by atoms with Crippen LogP contribution in [0.25, 0.3) is 10.2 Å². The monoisotopic (exact) mass is 234 g/mol. The second-order valence-electron chi connectivity index (χ2n) is 4.33. The Labute approximate surface area is 98.1 Å². The lowest BCUT2D eigenvalue weighted by Crippen LogP contribution is -2.56. The first-order valence-corrected chi connectivity index (χ1v) is 6.19. The van der Waals surface area contributed by atoms with E-state index in [2.05, 4.69) is 28.7 Å². The molecule has 0 saturated carbocycles. The summed E-state index contributed by atoms with van der Waals surface area (Å²) in [6.45, 7) is 6.08. The van der Waals surface area contributed by atoms with E-state index in [0.717, 1.165) is 23.7 Å². The van der Waals surface area contributed by atoms with E-state index in [1.807, 2.05) is 0 Å². The van der Waals surface area contributed by atoms with E-state index < -0.39 is 0 Å². The smallest absolute Gasteiger partial charge is 0.141 e. The number of hydrogen-bond donors (Lipinski definition) is 1. The molecule has 84 valence electrons. The van der Waals surface area contributed by atoms with Crippen molar-refractivity contribution in [1.29, 1.82) is 0 Å². The molecule has 2 N–H and O–H groups in total. The van der Waals surface area contributed by atoms with Crippen molar-refractivity contribution >= 4 is 27.4 Å². The lowest BCUT2D eigenvalue weighted by molar-refractivity contribution is 0.516. The summed E-state index contributed by atoms with van der Waals surface area (Å²) in [5, 5.41) is 1.21. The van der Waals surface area contributed by atoms with Gasteiger partial charge in [0.15, 0.2) is 0 Å². The Hall–Kier alpha value is -1.20. The SMILES string of the molecule is Cc1sc2ncnc(N3CC(N)C3)c2c1C. The van der Waals surface area contributed by atoms with Crippen LogP contribution in [0, 0.1) is 13.8 Å². The topological polar surface area (TPSA) is 55.0 Å². The lowest BCUT2D eigenvalue weighted by atomic mass is 10.1. The molecular formula is C11H14N4S. The number of hydrogen-bond acceptors (Lipinski definition) is 5. The van der Waals surface area contributed by atoms with Crippen LogP contribution in [0.1, 0.15) is 10.4 Å². The fourth-order valence-electron chi connectivity index (χ4n) is 2.09. The minimum atomic E-state index is 0.296. The van der Waals surface area contributed by atoms with Crippen LogP contribution in [0.2, 0.25) is 0 Å². The molecule has 0 unspecified atom stereocenters. The first-order chi connectivity index (χ1) is 7.66. The minimum Gasteiger partial charge on any atom is -0.353 e. The van der Waals surface area contributed by atoms with Crippen molar-refractivity contribution in [2.45, 2.75) is 19.9 Å². The zero-order valence-corrected chi connectivity index (χ0v) is 10.2. The third kappa shape index (κ3) is 1.32. The van der Waals surface area contributed by atoms with Crippen molar-refractivity contribution in [3.63, 3.8) is 0 Å². The fraction of sp³-hybridized carbons (Fsp3) is 0.455. The second-order valence-corrected chi connectivity index (χ2v) is 5.53. The average molecular weight is 234 g/mol. The molecule has 3 heterocycles. The largest absolute Gasteiger partial charge is 0.353 e. The average Bonchev–Trinajstić information content (AvgIpc) is 2.51. The molecule has 1 aliphatic rings. The fourth-order valence-corrected chi connectivity index (χ4v) is 3.08. The zero-order chi connectivity index (χ0) is 11.3. The van der Waals surface area contributed by atoms with Crippen LogP contribution < -0.4 is 10.6 Å². The Bertz CT molecular complexity index is 542. The Morgan fingerprint density at radius 2 is 2.12 bits per heavy atom. The van der Waals surface area contributed by atoms with E-state index in [9.17, 15) is 0 Å². The van der Waals surface area contributed by atoms with E-state index in [-0.39, 0.29) is 0 Å². The number of rotatable bonds is 1. The molecule has 0 aliphatic carbocycles. The van der Waals surface area contributed by atoms with Gasteiger partial charge in [0.2, 0.25) is 0 Å². The molecule has 0 aromatic carbocycles. The molecule has 16 heavy (non-hydrogen) atoms. The molecule has 4 nitrogen and oxygen atoms in total. The molecule has 1 saturated heterocycles. The van der Waals surface area contributed by atoms with Gasteiger partial charge in [-0.1, -0.05) is 0 Å². The molecule has 0 bridgehead atoms. The summed E-state index contributed by atoms with van der Waals surface area (Å²) in [5.41, 5.74) is 7.11. The van der Waals surface area contributed by atoms with Crippen molar-refractivity contribution < 1.29 is 0 Å². The number of thiophene rings is 1. The van der Waals surface area contributed by atoms with Crippen molar-refractivity contribution in [2.75, 3.05) is 18.0 Å². The van der Waals surface area contributed by atoms with Crippen LogP contribution in [0.5, 0.6) is 0 Å². The highest BCUT2D eigenvalue weighted by Gasteiger charge is 2.27. The van der Waals surface area contributed by atoms with Crippen LogP contribution in [-0.4, -0.2) is 29.1 Å². The van der Waals surface area contributed by atoms with E-state index >= 15 is 0 Å². The van der Waals surface area contributed by atoms with Crippen molar-refractivity contribution in [1.82, 2.24) is 9.97 Å². The first kappa shape index (κ1) is 9.99. The summed E-state index contributed by atoms with van der Waals surface area (Å²) in [7, 11) is 0. The predicted octanol–water partition coefficient (Wildman–Crippen LogP) is 1.46. The summed E-state index contributed by atoms with van der Waals surface area (Å²) in [5.74, 6) is 1.05. The van der Waals surface area contributed by atoms with Gasteiger partial charge in [0.05, 0.1) is 5.39 Å². The van der Waals surface area contributed by atoms with Crippen molar-refractivity contribution in [3.05, 3.63) is 16.8 Å². The highest BCUT2D eigenvalue weighted by molar-refractivity contribution is 7.18. The predicted molar refractivity (Wildman–Crippen MR) is 67.1 cm³/mol. The number of aromatic nitrogens is 2. The van der Waals surface area contributed by atoms with Gasteiger partial charge in [0.1, 0.15) is 17.0 Å². The highest BCUT2D eigenvalue weighted by Crippen LogP contribution is 2.35. The highest BCUT2D eigenvalue weighted by atomic mass is 32.1. The molecule has 2 aromatic heterocycles. The Morgan fingerprint density at radius 3 is 2.81 bits per heavy atom. The van der Waals surface area contributed by atoms with Crippen LogP contribution in [0.3, 0.4) is 0 Å². The molecule has 1 fully saturated rings. The third-order valence-electron chi connectivity index (χ3n) is 3.15. The summed E-state index contributed by atoms with van der Waals surface area (Å²) in [4.78, 5) is 13.4. The molecule has 0 spiro atoms. The van der Waals surface area contributed by atoms with Gasteiger partial charge in [-0.25, -0.2) is 9.97 Å². The van der Waals surface area contributed by atoms with Gasteiger partial charge in [0.25, 0.3) is 0 Å². The Balaban J connectivity index is 2.17. The third-order valence-corrected chi connectivity index (χ3v) is 4.27. The number of fused-ring (bicyclic) bond motifs is 1. The van der Waals surface area contributed by atoms with E-state index in [1.165, 1.54) is 15.8 Å². The molecule has 1 aliphatic heterocycles. The summed E-state index contributed by atoms with van der Waals surface area (Å²) in [6.07, 6.45) is 1.65. The first-order valence-electron chi connectivity index (χ1n) is 5.38. The zero-order valence-electron chi connectivity index (χ0n) is 9.40. The summed E-state index contributed by atoms with van der Waals surface area (Å²) < 4.78 is 0. The molecule has 0 atom stereocenters. The second kappa shape index (κ2) is 3.40. The van der Waals surface area contributed by atoms with Crippen molar-refractivity contribution in [2.24, 2.45) is 5.73 Å². The number of anilines is 1. The molecule has 0 radical (unpaired) electrons. The number of aryl methyl sites for hydroxylation is 2. The van der Waals surface area contributed by atoms with Crippen LogP contribution in [-0.2, 0) is 0 Å². The van der Waals surface area contributed by atoms with Crippen LogP contribution in [0.15, 0.2) is 6.33 Å². The van der Waals surface area contributed by atoms with E-state index in [1.54, 1.807) is 17.7 Å². The van der Waals surface area contributed by atoms with E-state index in [4.69, 9.17) is 5.73 Å². The van der Waals surface area contributed by atoms with Crippen LogP contribution in [0.4, 0.5) is 5.82 Å². The molecular weight excluding hydrogens is 220 g/mol. The normalized spacial score (nSPS) is 16.8. The molecule has 0 amide bonds. The maximum Gasteiger partial charge on any atom is 0.141 e. The van der Waals surface area contributed by atoms with Crippen LogP contribution >= 0.6 is 11.3 Å². The molecule has 5 heteroatoms. The van der Waals surface area contributed by atoms with Gasteiger partial charge in [-0.2, -0.15) is 0 Å². The molecule has 3 rings (SSSR count). The Morgan fingerprint density at radius 1 is 1.38 bits per heavy atom. The van der Waals surface area contributed by atoms with Gasteiger partial charge in [-0.05, 0) is 19.4 Å². The van der Waals surface area contributed by atoms with E-state index in [0.29, 0.717) is 6.04 Å². The van der Waals surface area contributed by atoms with Crippen molar-refractivity contribution in [3.8, 4) is 0 Å². The maximum atomic E-state index is 5.81. The summed E-state index contributed by atoms with van der Waals surface area (Å²) >= 11 is 1.74. The number of nitrogens with two attached hydrogens (primary N) is 1. The minimum absolute atomic E-state index is 0.296. The lowest BCUT2D eigenvalue weighted by Gasteiger charge is -2.38. The van der Waals surface area contributed by atoms with Gasteiger partial charge >= 0.3 is 0 Å². The standard InChI is InChI=1S/C11H14N4S/c1-6-7(2)16-11-9(6)10(13-5-14-11)15-3-8(12)4-15/h5,8H,3-4,12H2,1-2H3. The Kier molecular flexibility index (Phi) is 2.12.